The first-order valence-corrected chi connectivity index (χ1v) is 6.98. The van der Waals surface area contributed by atoms with E-state index in [4.69, 9.17) is 0 Å². The van der Waals surface area contributed by atoms with Crippen molar-refractivity contribution in [2.24, 2.45) is 0 Å². The van der Waals surface area contributed by atoms with E-state index in [9.17, 15) is 0 Å². The molecular formula is C16H14N2S. The maximum absolute atomic E-state index is 4.43. The number of aromatic nitrogens is 1. The summed E-state index contributed by atoms with van der Waals surface area (Å²) < 4.78 is 3.38. The third-order valence-corrected chi connectivity index (χ3v) is 3.76. The number of aryl methyl sites for hydroxylation is 1. The molecule has 0 aliphatic heterocycles. The molecule has 0 aliphatic carbocycles. The molecule has 0 spiro atoms. The van der Waals surface area contributed by atoms with Crippen molar-refractivity contribution in [2.45, 2.75) is 11.8 Å². The predicted octanol–water partition coefficient (Wildman–Crippen LogP) is 4.66. The molecule has 1 aromatic heterocycles. The van der Waals surface area contributed by atoms with Crippen LogP contribution in [0.2, 0.25) is 0 Å². The predicted molar refractivity (Wildman–Crippen MR) is 82.4 cm³/mol. The summed E-state index contributed by atoms with van der Waals surface area (Å²) in [7, 11) is 0. The van der Waals surface area contributed by atoms with Crippen molar-refractivity contribution < 1.29 is 0 Å². The number of pyridine rings is 1. The molecular weight excluding hydrogens is 252 g/mol. The largest absolute Gasteiger partial charge is 0.324 e. The molecule has 0 fully saturated rings. The van der Waals surface area contributed by atoms with Crippen LogP contribution in [0.4, 0.5) is 5.69 Å². The summed E-state index contributed by atoms with van der Waals surface area (Å²) in [5, 5.41) is 1.15. The number of para-hydroxylation sites is 1. The Kier molecular flexibility index (Phi) is 3.38. The fourth-order valence-electron chi connectivity index (χ4n) is 1.91. The summed E-state index contributed by atoms with van der Waals surface area (Å²) in [6.07, 6.45) is 1.82. The molecule has 3 heteroatoms. The van der Waals surface area contributed by atoms with Gasteiger partial charge in [-0.25, -0.2) is 0 Å². The van der Waals surface area contributed by atoms with Crippen LogP contribution in [0.15, 0.2) is 65.7 Å². The Morgan fingerprint density at radius 2 is 1.74 bits per heavy atom. The van der Waals surface area contributed by atoms with E-state index in [1.54, 1.807) is 11.9 Å². The number of hydrogen-bond donors (Lipinski definition) is 1. The van der Waals surface area contributed by atoms with Gasteiger partial charge < -0.3 is 4.72 Å². The summed E-state index contributed by atoms with van der Waals surface area (Å²) >= 11 is 1.61. The highest BCUT2D eigenvalue weighted by molar-refractivity contribution is 8.00. The molecule has 0 aliphatic rings. The van der Waals surface area contributed by atoms with Crippen LogP contribution < -0.4 is 4.72 Å². The zero-order valence-electron chi connectivity index (χ0n) is 10.6. The lowest BCUT2D eigenvalue weighted by Gasteiger charge is -2.08. The van der Waals surface area contributed by atoms with Crippen molar-refractivity contribution in [3.05, 3.63) is 66.4 Å². The lowest BCUT2D eigenvalue weighted by Crippen LogP contribution is -1.90. The van der Waals surface area contributed by atoms with Crippen LogP contribution in [0.3, 0.4) is 0 Å². The van der Waals surface area contributed by atoms with E-state index < -0.39 is 0 Å². The third kappa shape index (κ3) is 2.71. The minimum Gasteiger partial charge on any atom is -0.324 e. The smallest absolute Gasteiger partial charge is 0.0941 e. The minimum atomic E-state index is 1.00. The van der Waals surface area contributed by atoms with Crippen LogP contribution in [-0.4, -0.2) is 4.98 Å². The van der Waals surface area contributed by atoms with Crippen LogP contribution in [0.1, 0.15) is 5.56 Å². The quantitative estimate of drug-likeness (QED) is 0.698. The first-order valence-electron chi connectivity index (χ1n) is 6.16. The van der Waals surface area contributed by atoms with E-state index in [0.717, 1.165) is 16.6 Å². The zero-order valence-corrected chi connectivity index (χ0v) is 11.4. The van der Waals surface area contributed by atoms with Gasteiger partial charge in [0, 0.05) is 16.5 Å². The SMILES string of the molecule is Cc1ccc(SNc2cccc3cccnc23)cc1. The molecule has 19 heavy (non-hydrogen) atoms. The van der Waals surface area contributed by atoms with Crippen molar-refractivity contribution in [1.29, 1.82) is 0 Å². The molecule has 0 atom stereocenters. The number of benzene rings is 2. The molecule has 3 rings (SSSR count). The van der Waals surface area contributed by atoms with E-state index in [-0.39, 0.29) is 0 Å². The van der Waals surface area contributed by atoms with Crippen molar-refractivity contribution in [2.75, 3.05) is 4.72 Å². The fraction of sp³-hybridized carbons (Fsp3) is 0.0625. The zero-order chi connectivity index (χ0) is 13.1. The highest BCUT2D eigenvalue weighted by atomic mass is 32.2. The molecule has 94 valence electrons. The van der Waals surface area contributed by atoms with Crippen LogP contribution in [0, 0.1) is 6.92 Å². The van der Waals surface area contributed by atoms with Gasteiger partial charge in [0.05, 0.1) is 11.2 Å². The van der Waals surface area contributed by atoms with Crippen LogP contribution in [0.25, 0.3) is 10.9 Å². The van der Waals surface area contributed by atoms with Gasteiger partial charge >= 0.3 is 0 Å². The second-order valence-electron chi connectivity index (χ2n) is 4.40. The summed E-state index contributed by atoms with van der Waals surface area (Å²) in [5.74, 6) is 0. The van der Waals surface area contributed by atoms with E-state index in [2.05, 4.69) is 59.1 Å². The van der Waals surface area contributed by atoms with Gasteiger partial charge in [0.1, 0.15) is 0 Å². The van der Waals surface area contributed by atoms with E-state index >= 15 is 0 Å². The van der Waals surface area contributed by atoms with Crippen molar-refractivity contribution in [3.63, 3.8) is 0 Å². The second kappa shape index (κ2) is 5.33. The van der Waals surface area contributed by atoms with Gasteiger partial charge in [-0.3, -0.25) is 4.98 Å². The highest BCUT2D eigenvalue weighted by Gasteiger charge is 2.01. The first-order chi connectivity index (χ1) is 9.33. The Hall–Kier alpha value is -2.00. The molecule has 0 unspecified atom stereocenters. The van der Waals surface area contributed by atoms with Crippen LogP contribution in [-0.2, 0) is 0 Å². The topological polar surface area (TPSA) is 24.9 Å². The summed E-state index contributed by atoms with van der Waals surface area (Å²) in [6.45, 7) is 2.09. The second-order valence-corrected chi connectivity index (χ2v) is 5.28. The Balaban J connectivity index is 1.84. The molecule has 0 saturated heterocycles. The molecule has 1 N–H and O–H groups in total. The Bertz CT molecular complexity index is 687. The number of nitrogens with zero attached hydrogens (tertiary/aromatic N) is 1. The average Bonchev–Trinajstić information content (AvgIpc) is 2.47. The summed E-state index contributed by atoms with van der Waals surface area (Å²) in [4.78, 5) is 5.62. The maximum Gasteiger partial charge on any atom is 0.0941 e. The monoisotopic (exact) mass is 266 g/mol. The Morgan fingerprint density at radius 3 is 2.58 bits per heavy atom. The number of fused-ring (bicyclic) bond motifs is 1. The number of rotatable bonds is 3. The van der Waals surface area contributed by atoms with Gasteiger partial charge in [-0.05, 0) is 43.1 Å². The number of hydrogen-bond acceptors (Lipinski definition) is 3. The maximum atomic E-state index is 4.43. The Labute approximate surface area is 117 Å². The first kappa shape index (κ1) is 12.1. The van der Waals surface area contributed by atoms with Crippen LogP contribution >= 0.6 is 11.9 Å². The summed E-state index contributed by atoms with van der Waals surface area (Å²) in [5.41, 5.74) is 3.32. The normalized spacial score (nSPS) is 10.6. The lowest BCUT2D eigenvalue weighted by atomic mass is 10.2. The molecule has 2 aromatic carbocycles. The van der Waals surface area contributed by atoms with Crippen LogP contribution in [0.5, 0.6) is 0 Å². The average molecular weight is 266 g/mol. The summed E-state index contributed by atoms with van der Waals surface area (Å²) in [6, 6.07) is 18.7. The molecule has 3 aromatic rings. The molecule has 0 saturated carbocycles. The van der Waals surface area contributed by atoms with Gasteiger partial charge in [-0.2, -0.15) is 0 Å². The van der Waals surface area contributed by atoms with Gasteiger partial charge in [-0.1, -0.05) is 35.9 Å². The fourth-order valence-corrected chi connectivity index (χ4v) is 2.57. The minimum absolute atomic E-state index is 1.00. The van der Waals surface area contributed by atoms with Crippen molar-refractivity contribution >= 4 is 28.5 Å². The lowest BCUT2D eigenvalue weighted by molar-refractivity contribution is 1.38. The van der Waals surface area contributed by atoms with E-state index in [0.29, 0.717) is 0 Å². The van der Waals surface area contributed by atoms with E-state index in [1.165, 1.54) is 10.5 Å². The van der Waals surface area contributed by atoms with Gasteiger partial charge in [0.15, 0.2) is 0 Å². The molecule has 0 radical (unpaired) electrons. The molecule has 2 nitrogen and oxygen atoms in total. The number of nitrogens with one attached hydrogen (secondary N) is 1. The van der Waals surface area contributed by atoms with Crippen molar-refractivity contribution in [3.8, 4) is 0 Å². The Morgan fingerprint density at radius 1 is 0.947 bits per heavy atom. The highest BCUT2D eigenvalue weighted by Crippen LogP contribution is 2.26. The molecule has 1 heterocycles. The molecule has 0 bridgehead atoms. The third-order valence-electron chi connectivity index (χ3n) is 2.93. The van der Waals surface area contributed by atoms with Gasteiger partial charge in [0.25, 0.3) is 0 Å². The van der Waals surface area contributed by atoms with Gasteiger partial charge in [0.2, 0.25) is 0 Å². The van der Waals surface area contributed by atoms with Gasteiger partial charge in [-0.15, -0.1) is 0 Å². The number of anilines is 1. The molecule has 0 amide bonds. The van der Waals surface area contributed by atoms with E-state index in [1.807, 2.05) is 18.3 Å². The van der Waals surface area contributed by atoms with Crippen molar-refractivity contribution in [1.82, 2.24) is 4.98 Å². The standard InChI is InChI=1S/C16H14N2S/c1-12-7-9-14(10-8-12)19-18-15-6-2-4-13-5-3-11-17-16(13)15/h2-11,18H,1H3.